The molecule has 26 heavy (non-hydrogen) atoms. The van der Waals surface area contributed by atoms with Crippen LogP contribution in [-0.2, 0) is 0 Å². The van der Waals surface area contributed by atoms with E-state index in [1.807, 2.05) is 43.3 Å². The number of ether oxygens (including phenoxy) is 1. The smallest absolute Gasteiger partial charge is 0.165 e. The standard InChI is InChI=1S/C23H17FO2/c1-15-13-17-14-18(25)11-12-19(17)23(22(15)16-7-3-2-4-8-16)26-21-10-6-5-9-20(21)24/h2-14,25H,1H3. The third kappa shape index (κ3) is 2.88. The first-order valence-electron chi connectivity index (χ1n) is 8.37. The summed E-state index contributed by atoms with van der Waals surface area (Å²) in [5, 5.41) is 11.5. The summed E-state index contributed by atoms with van der Waals surface area (Å²) in [6.45, 7) is 1.99. The number of hydrogen-bond donors (Lipinski definition) is 1. The van der Waals surface area contributed by atoms with Gasteiger partial charge in [0, 0.05) is 10.9 Å². The van der Waals surface area contributed by atoms with E-state index in [1.165, 1.54) is 6.07 Å². The zero-order valence-corrected chi connectivity index (χ0v) is 14.2. The summed E-state index contributed by atoms with van der Waals surface area (Å²) in [5.74, 6) is 0.516. The van der Waals surface area contributed by atoms with Gasteiger partial charge in [0.25, 0.3) is 0 Å². The van der Waals surface area contributed by atoms with Crippen molar-refractivity contribution in [3.8, 4) is 28.4 Å². The molecule has 0 heterocycles. The average molecular weight is 344 g/mol. The molecule has 2 nitrogen and oxygen atoms in total. The molecule has 4 aromatic rings. The lowest BCUT2D eigenvalue weighted by Crippen LogP contribution is -1.95. The topological polar surface area (TPSA) is 29.5 Å². The molecule has 0 aliphatic rings. The minimum Gasteiger partial charge on any atom is -0.508 e. The van der Waals surface area contributed by atoms with Gasteiger partial charge < -0.3 is 9.84 Å². The fourth-order valence-corrected chi connectivity index (χ4v) is 3.20. The van der Waals surface area contributed by atoms with E-state index in [2.05, 4.69) is 0 Å². The molecule has 0 fully saturated rings. The summed E-state index contributed by atoms with van der Waals surface area (Å²) in [7, 11) is 0. The Morgan fingerprint density at radius 2 is 1.58 bits per heavy atom. The van der Waals surface area contributed by atoms with E-state index in [1.54, 1.807) is 36.4 Å². The summed E-state index contributed by atoms with van der Waals surface area (Å²) in [4.78, 5) is 0. The van der Waals surface area contributed by atoms with Gasteiger partial charge in [0.15, 0.2) is 11.6 Å². The highest BCUT2D eigenvalue weighted by Gasteiger charge is 2.17. The van der Waals surface area contributed by atoms with Gasteiger partial charge in [-0.15, -0.1) is 0 Å². The molecule has 0 aromatic heterocycles. The number of hydrogen-bond acceptors (Lipinski definition) is 2. The maximum atomic E-state index is 14.2. The minimum atomic E-state index is -0.417. The molecule has 4 aromatic carbocycles. The molecule has 128 valence electrons. The molecule has 0 amide bonds. The predicted octanol–water partition coefficient (Wildman–Crippen LogP) is 6.45. The molecule has 0 unspecified atom stereocenters. The van der Waals surface area contributed by atoms with Crippen LogP contribution in [0.5, 0.6) is 17.2 Å². The molecule has 0 aliphatic carbocycles. The lowest BCUT2D eigenvalue weighted by molar-refractivity contribution is 0.447. The van der Waals surface area contributed by atoms with Gasteiger partial charge >= 0.3 is 0 Å². The summed E-state index contributed by atoms with van der Waals surface area (Å²) < 4.78 is 20.3. The quantitative estimate of drug-likeness (QED) is 0.462. The van der Waals surface area contributed by atoms with E-state index >= 15 is 0 Å². The SMILES string of the molecule is Cc1cc2cc(O)ccc2c(Oc2ccccc2F)c1-c1ccccc1. The van der Waals surface area contributed by atoms with Crippen molar-refractivity contribution in [2.45, 2.75) is 6.92 Å². The van der Waals surface area contributed by atoms with Crippen molar-refractivity contribution < 1.29 is 14.2 Å². The number of fused-ring (bicyclic) bond motifs is 1. The van der Waals surface area contributed by atoms with Crippen molar-refractivity contribution >= 4 is 10.8 Å². The van der Waals surface area contributed by atoms with E-state index in [4.69, 9.17) is 4.74 Å². The van der Waals surface area contributed by atoms with E-state index in [0.717, 1.165) is 27.5 Å². The Bertz CT molecular complexity index is 1090. The highest BCUT2D eigenvalue weighted by Crippen LogP contribution is 2.43. The van der Waals surface area contributed by atoms with Crippen LogP contribution >= 0.6 is 0 Å². The van der Waals surface area contributed by atoms with Gasteiger partial charge in [-0.2, -0.15) is 0 Å². The van der Waals surface area contributed by atoms with Crippen molar-refractivity contribution in [3.05, 3.63) is 90.2 Å². The fraction of sp³-hybridized carbons (Fsp3) is 0.0435. The number of aryl methyl sites for hydroxylation is 1. The van der Waals surface area contributed by atoms with Crippen molar-refractivity contribution in [3.63, 3.8) is 0 Å². The first-order valence-corrected chi connectivity index (χ1v) is 8.37. The maximum absolute atomic E-state index is 14.2. The molecule has 0 aliphatic heterocycles. The Hall–Kier alpha value is -3.33. The Labute approximate surface area is 151 Å². The summed E-state index contributed by atoms with van der Waals surface area (Å²) in [6.07, 6.45) is 0. The third-order valence-electron chi connectivity index (χ3n) is 4.38. The fourth-order valence-electron chi connectivity index (χ4n) is 3.20. The highest BCUT2D eigenvalue weighted by molar-refractivity contribution is 5.97. The Balaban J connectivity index is 2.02. The van der Waals surface area contributed by atoms with Crippen molar-refractivity contribution in [2.24, 2.45) is 0 Å². The van der Waals surface area contributed by atoms with Gasteiger partial charge in [-0.1, -0.05) is 48.5 Å². The lowest BCUT2D eigenvalue weighted by Gasteiger charge is -2.17. The molecule has 0 spiro atoms. The lowest BCUT2D eigenvalue weighted by atomic mass is 9.94. The van der Waals surface area contributed by atoms with Crippen LogP contribution in [0.3, 0.4) is 0 Å². The normalized spacial score (nSPS) is 10.8. The van der Waals surface area contributed by atoms with E-state index in [-0.39, 0.29) is 11.5 Å². The van der Waals surface area contributed by atoms with Gasteiger partial charge in [0.2, 0.25) is 0 Å². The molecule has 0 bridgehead atoms. The van der Waals surface area contributed by atoms with Crippen LogP contribution in [0.25, 0.3) is 21.9 Å². The number of aromatic hydroxyl groups is 1. The molecular weight excluding hydrogens is 327 g/mol. The van der Waals surface area contributed by atoms with E-state index in [9.17, 15) is 9.50 Å². The molecule has 0 radical (unpaired) electrons. The average Bonchev–Trinajstić information content (AvgIpc) is 2.64. The van der Waals surface area contributed by atoms with Crippen LogP contribution in [-0.4, -0.2) is 5.11 Å². The zero-order chi connectivity index (χ0) is 18.1. The van der Waals surface area contributed by atoms with Gasteiger partial charge in [0.1, 0.15) is 11.5 Å². The molecule has 0 atom stereocenters. The Morgan fingerprint density at radius 1 is 0.846 bits per heavy atom. The first-order chi connectivity index (χ1) is 12.6. The van der Waals surface area contributed by atoms with Crippen LogP contribution in [0.1, 0.15) is 5.56 Å². The van der Waals surface area contributed by atoms with Crippen LogP contribution in [0.2, 0.25) is 0 Å². The number of phenolic OH excluding ortho intramolecular Hbond substituents is 1. The molecule has 1 N–H and O–H groups in total. The zero-order valence-electron chi connectivity index (χ0n) is 14.2. The number of rotatable bonds is 3. The first kappa shape index (κ1) is 16.2. The van der Waals surface area contributed by atoms with E-state index < -0.39 is 5.82 Å². The third-order valence-corrected chi connectivity index (χ3v) is 4.38. The van der Waals surface area contributed by atoms with Gasteiger partial charge in [-0.05, 0) is 53.8 Å². The largest absolute Gasteiger partial charge is 0.508 e. The van der Waals surface area contributed by atoms with Crippen molar-refractivity contribution in [2.75, 3.05) is 0 Å². The van der Waals surface area contributed by atoms with Gasteiger partial charge in [0.05, 0.1) is 0 Å². The van der Waals surface area contributed by atoms with Gasteiger partial charge in [-0.25, -0.2) is 4.39 Å². The number of halogens is 1. The summed E-state index contributed by atoms with van der Waals surface area (Å²) in [5.41, 5.74) is 2.89. The monoisotopic (exact) mass is 344 g/mol. The second-order valence-corrected chi connectivity index (χ2v) is 6.20. The van der Waals surface area contributed by atoms with Crippen molar-refractivity contribution in [1.29, 1.82) is 0 Å². The van der Waals surface area contributed by atoms with Crippen LogP contribution in [0.15, 0.2) is 78.9 Å². The Kier molecular flexibility index (Phi) is 4.05. The highest BCUT2D eigenvalue weighted by atomic mass is 19.1. The predicted molar refractivity (Wildman–Crippen MR) is 102 cm³/mol. The Morgan fingerprint density at radius 3 is 2.35 bits per heavy atom. The van der Waals surface area contributed by atoms with Crippen molar-refractivity contribution in [1.82, 2.24) is 0 Å². The number of phenols is 1. The molecule has 0 saturated heterocycles. The minimum absolute atomic E-state index is 0.171. The second-order valence-electron chi connectivity index (χ2n) is 6.20. The molecule has 3 heteroatoms. The summed E-state index contributed by atoms with van der Waals surface area (Å²) >= 11 is 0. The summed E-state index contributed by atoms with van der Waals surface area (Å²) in [6, 6.07) is 23.3. The maximum Gasteiger partial charge on any atom is 0.165 e. The number of para-hydroxylation sites is 1. The van der Waals surface area contributed by atoms with Crippen LogP contribution in [0.4, 0.5) is 4.39 Å². The van der Waals surface area contributed by atoms with Gasteiger partial charge in [-0.3, -0.25) is 0 Å². The molecular formula is C23H17FO2. The molecule has 4 rings (SSSR count). The van der Waals surface area contributed by atoms with Crippen LogP contribution < -0.4 is 4.74 Å². The molecule has 0 saturated carbocycles. The van der Waals surface area contributed by atoms with Crippen LogP contribution in [0, 0.1) is 12.7 Å². The number of benzene rings is 4. The second kappa shape index (κ2) is 6.52. The van der Waals surface area contributed by atoms with E-state index in [0.29, 0.717) is 5.75 Å².